The Labute approximate surface area is 119 Å². The lowest BCUT2D eigenvalue weighted by Crippen LogP contribution is -2.36. The smallest absolute Gasteiger partial charge is 0.237 e. The van der Waals surface area contributed by atoms with Crippen molar-refractivity contribution < 1.29 is 9.53 Å². The van der Waals surface area contributed by atoms with E-state index in [1.165, 1.54) is 0 Å². The van der Waals surface area contributed by atoms with Crippen LogP contribution in [0, 0.1) is 23.2 Å². The Morgan fingerprint density at radius 2 is 2.25 bits per heavy atom. The minimum Gasteiger partial charge on any atom is -0.378 e. The van der Waals surface area contributed by atoms with Gasteiger partial charge in [0.15, 0.2) is 0 Å². The van der Waals surface area contributed by atoms with Crippen molar-refractivity contribution in [2.45, 2.75) is 25.9 Å². The van der Waals surface area contributed by atoms with E-state index < -0.39 is 5.92 Å². The maximum Gasteiger partial charge on any atom is 0.237 e. The summed E-state index contributed by atoms with van der Waals surface area (Å²) in [6, 6.07) is 11.7. The number of amides is 1. The zero-order valence-electron chi connectivity index (χ0n) is 11.7. The molecular weight excluding hydrogens is 252 g/mol. The van der Waals surface area contributed by atoms with Crippen LogP contribution < -0.4 is 5.32 Å². The van der Waals surface area contributed by atoms with Crippen molar-refractivity contribution >= 4 is 5.91 Å². The Morgan fingerprint density at radius 3 is 2.85 bits per heavy atom. The normalized spacial score (nSPS) is 23.0. The third-order valence-electron chi connectivity index (χ3n) is 3.83. The van der Waals surface area contributed by atoms with Crippen LogP contribution in [-0.4, -0.2) is 25.2 Å². The zero-order valence-corrected chi connectivity index (χ0v) is 11.7. The molecule has 2 rings (SSSR count). The number of hydrogen-bond acceptors (Lipinski definition) is 3. The predicted molar refractivity (Wildman–Crippen MR) is 75.8 cm³/mol. The van der Waals surface area contributed by atoms with Crippen LogP contribution in [0.4, 0.5) is 0 Å². The molecule has 20 heavy (non-hydrogen) atoms. The van der Waals surface area contributed by atoms with E-state index in [-0.39, 0.29) is 12.0 Å². The second-order valence-electron chi connectivity index (χ2n) is 5.24. The third-order valence-corrected chi connectivity index (χ3v) is 3.83. The highest BCUT2D eigenvalue weighted by Gasteiger charge is 2.26. The van der Waals surface area contributed by atoms with Crippen LogP contribution in [-0.2, 0) is 16.0 Å². The van der Waals surface area contributed by atoms with Crippen molar-refractivity contribution in [2.75, 3.05) is 13.2 Å². The van der Waals surface area contributed by atoms with Gasteiger partial charge in [0.05, 0.1) is 12.2 Å². The predicted octanol–water partition coefficient (Wildman–Crippen LogP) is 1.91. The molecule has 0 radical (unpaired) electrons. The number of carbonyl (C=O) groups is 1. The van der Waals surface area contributed by atoms with Crippen LogP contribution in [0.2, 0.25) is 0 Å². The molecular formula is C16H20N2O2. The van der Waals surface area contributed by atoms with Crippen LogP contribution in [0.5, 0.6) is 0 Å². The first-order valence-electron chi connectivity index (χ1n) is 7.03. The number of hydrogen-bond donors (Lipinski definition) is 1. The topological polar surface area (TPSA) is 62.1 Å². The molecule has 4 nitrogen and oxygen atoms in total. The van der Waals surface area contributed by atoms with Gasteiger partial charge in [-0.25, -0.2) is 0 Å². The second kappa shape index (κ2) is 7.06. The summed E-state index contributed by atoms with van der Waals surface area (Å²) in [7, 11) is 0. The molecule has 3 unspecified atom stereocenters. The number of rotatable bonds is 5. The molecule has 0 bridgehead atoms. The van der Waals surface area contributed by atoms with Crippen molar-refractivity contribution in [3.8, 4) is 6.07 Å². The largest absolute Gasteiger partial charge is 0.378 e. The summed E-state index contributed by atoms with van der Waals surface area (Å²) < 4.78 is 5.46. The van der Waals surface area contributed by atoms with Crippen LogP contribution in [0.3, 0.4) is 0 Å². The van der Waals surface area contributed by atoms with Gasteiger partial charge in [-0.15, -0.1) is 0 Å². The van der Waals surface area contributed by atoms with Crippen LogP contribution in [0.25, 0.3) is 0 Å². The first-order chi connectivity index (χ1) is 9.70. The number of benzene rings is 1. The summed E-state index contributed by atoms with van der Waals surface area (Å²) in [5.41, 5.74) is 1.01. The average Bonchev–Trinajstić information content (AvgIpc) is 2.88. The summed E-state index contributed by atoms with van der Waals surface area (Å²) >= 11 is 0. The molecule has 4 heteroatoms. The number of nitrogens with one attached hydrogen (secondary N) is 1. The van der Waals surface area contributed by atoms with Gasteiger partial charge < -0.3 is 10.1 Å². The Hall–Kier alpha value is -1.86. The van der Waals surface area contributed by atoms with E-state index in [1.54, 1.807) is 0 Å². The SMILES string of the molecule is CC1OCCC1CNC(=O)C(C#N)Cc1ccccc1. The van der Waals surface area contributed by atoms with Gasteiger partial charge in [0.2, 0.25) is 5.91 Å². The lowest BCUT2D eigenvalue weighted by molar-refractivity contribution is -0.123. The molecule has 1 heterocycles. The average molecular weight is 272 g/mol. The van der Waals surface area contributed by atoms with Gasteiger partial charge in [-0.3, -0.25) is 4.79 Å². The first kappa shape index (κ1) is 14.5. The molecule has 0 aliphatic carbocycles. The summed E-state index contributed by atoms with van der Waals surface area (Å²) in [6.07, 6.45) is 1.61. The highest BCUT2D eigenvalue weighted by atomic mass is 16.5. The molecule has 106 valence electrons. The fourth-order valence-electron chi connectivity index (χ4n) is 2.45. The lowest BCUT2D eigenvalue weighted by atomic mass is 9.98. The number of carbonyl (C=O) groups excluding carboxylic acids is 1. The molecule has 3 atom stereocenters. The van der Waals surface area contributed by atoms with Gasteiger partial charge in [0.25, 0.3) is 0 Å². The van der Waals surface area contributed by atoms with E-state index in [4.69, 9.17) is 10.00 Å². The second-order valence-corrected chi connectivity index (χ2v) is 5.24. The molecule has 0 saturated carbocycles. The molecule has 0 spiro atoms. The molecule has 1 N–H and O–H groups in total. The van der Waals surface area contributed by atoms with Gasteiger partial charge in [0, 0.05) is 19.1 Å². The molecule has 1 saturated heterocycles. The van der Waals surface area contributed by atoms with Crippen LogP contribution >= 0.6 is 0 Å². The van der Waals surface area contributed by atoms with E-state index in [0.29, 0.717) is 18.9 Å². The minimum atomic E-state index is -0.630. The van der Waals surface area contributed by atoms with Gasteiger partial charge in [0.1, 0.15) is 5.92 Å². The Balaban J connectivity index is 1.85. The van der Waals surface area contributed by atoms with Crippen molar-refractivity contribution in [1.82, 2.24) is 5.32 Å². The van der Waals surface area contributed by atoms with Gasteiger partial charge >= 0.3 is 0 Å². The fourth-order valence-corrected chi connectivity index (χ4v) is 2.45. The summed E-state index contributed by atoms with van der Waals surface area (Å²) in [6.45, 7) is 3.37. The van der Waals surface area contributed by atoms with Gasteiger partial charge in [-0.05, 0) is 25.3 Å². The maximum absolute atomic E-state index is 12.1. The molecule has 1 aliphatic heterocycles. The standard InChI is InChI=1S/C16H20N2O2/c1-12-14(7-8-20-12)11-18-16(19)15(10-17)9-13-5-3-2-4-6-13/h2-6,12,14-15H,7-9,11H2,1H3,(H,18,19). The zero-order chi connectivity index (χ0) is 14.4. The van der Waals surface area contributed by atoms with Crippen molar-refractivity contribution in [2.24, 2.45) is 11.8 Å². The monoisotopic (exact) mass is 272 g/mol. The van der Waals surface area contributed by atoms with E-state index in [0.717, 1.165) is 18.6 Å². The van der Waals surface area contributed by atoms with E-state index in [9.17, 15) is 4.79 Å². The summed E-state index contributed by atoms with van der Waals surface area (Å²) in [4.78, 5) is 12.1. The molecule has 1 amide bonds. The number of nitrogens with zero attached hydrogens (tertiary/aromatic N) is 1. The number of ether oxygens (including phenoxy) is 1. The van der Waals surface area contributed by atoms with Crippen LogP contribution in [0.1, 0.15) is 18.9 Å². The third kappa shape index (κ3) is 3.82. The molecule has 0 aromatic heterocycles. The van der Waals surface area contributed by atoms with Crippen LogP contribution in [0.15, 0.2) is 30.3 Å². The Kier molecular flexibility index (Phi) is 5.14. The Morgan fingerprint density at radius 1 is 1.50 bits per heavy atom. The first-order valence-corrected chi connectivity index (χ1v) is 7.03. The maximum atomic E-state index is 12.1. The van der Waals surface area contributed by atoms with Crippen molar-refractivity contribution in [3.63, 3.8) is 0 Å². The van der Waals surface area contributed by atoms with E-state index >= 15 is 0 Å². The lowest BCUT2D eigenvalue weighted by Gasteiger charge is -2.16. The highest BCUT2D eigenvalue weighted by Crippen LogP contribution is 2.19. The summed E-state index contributed by atoms with van der Waals surface area (Å²) in [5, 5.41) is 12.1. The molecule has 1 aromatic carbocycles. The minimum absolute atomic E-state index is 0.185. The van der Waals surface area contributed by atoms with Gasteiger partial charge in [-0.1, -0.05) is 30.3 Å². The Bertz CT molecular complexity index is 481. The highest BCUT2D eigenvalue weighted by molar-refractivity contribution is 5.81. The van der Waals surface area contributed by atoms with Crippen molar-refractivity contribution in [1.29, 1.82) is 5.26 Å². The quantitative estimate of drug-likeness (QED) is 0.890. The number of nitriles is 1. The molecule has 1 fully saturated rings. The van der Waals surface area contributed by atoms with E-state index in [2.05, 4.69) is 11.4 Å². The van der Waals surface area contributed by atoms with E-state index in [1.807, 2.05) is 37.3 Å². The summed E-state index contributed by atoms with van der Waals surface area (Å²) in [5.74, 6) is -0.458. The molecule has 1 aliphatic rings. The van der Waals surface area contributed by atoms with Crippen molar-refractivity contribution in [3.05, 3.63) is 35.9 Å². The molecule has 1 aromatic rings. The van der Waals surface area contributed by atoms with Gasteiger partial charge in [-0.2, -0.15) is 5.26 Å². The fraction of sp³-hybridized carbons (Fsp3) is 0.500.